The highest BCUT2D eigenvalue weighted by atomic mass is 32.2. The van der Waals surface area contributed by atoms with Gasteiger partial charge in [0.05, 0.1) is 0 Å². The van der Waals surface area contributed by atoms with Gasteiger partial charge in [-0.25, -0.2) is 0 Å². The number of rotatable bonds is 8. The lowest BCUT2D eigenvalue weighted by Crippen LogP contribution is -2.24. The second-order valence-electron chi connectivity index (χ2n) is 6.60. The van der Waals surface area contributed by atoms with E-state index >= 15 is 0 Å². The minimum Gasteiger partial charge on any atom is -0.309 e. The van der Waals surface area contributed by atoms with Gasteiger partial charge in [0.25, 0.3) is 0 Å². The van der Waals surface area contributed by atoms with Gasteiger partial charge in [0.1, 0.15) is 0 Å². The van der Waals surface area contributed by atoms with Gasteiger partial charge in [-0.05, 0) is 57.0 Å². The van der Waals surface area contributed by atoms with Crippen LogP contribution in [0, 0.1) is 5.41 Å². The maximum Gasteiger partial charge on any atom is 0.169 e. The Labute approximate surface area is 139 Å². The molecule has 2 rings (SSSR count). The van der Waals surface area contributed by atoms with Crippen molar-refractivity contribution in [1.82, 2.24) is 4.90 Å². The van der Waals surface area contributed by atoms with Crippen LogP contribution in [0.15, 0.2) is 36.4 Å². The molecule has 0 radical (unpaired) electrons. The topological polar surface area (TPSA) is 20.3 Å². The molecule has 0 fully saturated rings. The first-order valence-corrected chi connectivity index (χ1v) is 9.21. The van der Waals surface area contributed by atoms with Crippen molar-refractivity contribution in [3.8, 4) is 0 Å². The highest BCUT2D eigenvalue weighted by Crippen LogP contribution is 2.41. The minimum atomic E-state index is -0.195. The summed E-state index contributed by atoms with van der Waals surface area (Å²) in [6, 6.07) is 10.1. The first kappa shape index (κ1) is 17.3. The molecule has 0 amide bonds. The van der Waals surface area contributed by atoms with Crippen molar-refractivity contribution in [1.29, 1.82) is 0 Å². The number of nitrogens with zero attached hydrogens (tertiary/aromatic N) is 1. The van der Waals surface area contributed by atoms with Crippen LogP contribution < -0.4 is 0 Å². The van der Waals surface area contributed by atoms with E-state index in [1.165, 1.54) is 12.2 Å². The van der Waals surface area contributed by atoms with E-state index < -0.39 is 0 Å². The summed E-state index contributed by atoms with van der Waals surface area (Å²) in [6.07, 6.45) is 5.21. The lowest BCUT2D eigenvalue weighted by molar-refractivity contribution is -0.121. The van der Waals surface area contributed by atoms with E-state index in [0.717, 1.165) is 36.3 Å². The van der Waals surface area contributed by atoms with E-state index in [9.17, 15) is 4.79 Å². The van der Waals surface area contributed by atoms with E-state index in [1.54, 1.807) is 0 Å². The van der Waals surface area contributed by atoms with Crippen LogP contribution in [0.25, 0.3) is 5.57 Å². The molecule has 0 aromatic heterocycles. The zero-order valence-corrected chi connectivity index (χ0v) is 14.8. The molecular weight excluding hydrogens is 290 g/mol. The Hall–Kier alpha value is -1.06. The van der Waals surface area contributed by atoms with Crippen molar-refractivity contribution in [3.05, 3.63) is 42.0 Å². The van der Waals surface area contributed by atoms with Crippen LogP contribution in [0.3, 0.4) is 0 Å². The number of ketones is 1. The average molecular weight is 317 g/mol. The summed E-state index contributed by atoms with van der Waals surface area (Å²) in [5.74, 6) is 2.58. The predicted molar refractivity (Wildman–Crippen MR) is 97.3 cm³/mol. The first-order chi connectivity index (χ1) is 10.5. The summed E-state index contributed by atoms with van der Waals surface area (Å²) >= 11 is 1.98. The van der Waals surface area contributed by atoms with E-state index in [0.29, 0.717) is 5.78 Å². The van der Waals surface area contributed by atoms with E-state index in [4.69, 9.17) is 0 Å². The maximum absolute atomic E-state index is 12.8. The SMILES string of the molecule is CN(C)CCCSCCC1(C)CC=C(c2ccccc2)C1=O. The second kappa shape index (κ2) is 7.98. The third kappa shape index (κ3) is 4.47. The van der Waals surface area contributed by atoms with Gasteiger partial charge in [-0.2, -0.15) is 11.8 Å². The largest absolute Gasteiger partial charge is 0.309 e. The maximum atomic E-state index is 12.8. The molecule has 0 heterocycles. The first-order valence-electron chi connectivity index (χ1n) is 8.06. The molecule has 0 spiro atoms. The lowest BCUT2D eigenvalue weighted by Gasteiger charge is -2.22. The number of benzene rings is 1. The van der Waals surface area contributed by atoms with Crippen LogP contribution in [0.5, 0.6) is 0 Å². The van der Waals surface area contributed by atoms with Crippen molar-refractivity contribution >= 4 is 23.1 Å². The molecule has 3 heteroatoms. The predicted octanol–water partition coefficient (Wildman–Crippen LogP) is 4.12. The molecule has 1 aromatic rings. The number of hydrogen-bond acceptors (Lipinski definition) is 3. The normalized spacial score (nSPS) is 21.5. The Morgan fingerprint density at radius 1 is 1.18 bits per heavy atom. The molecule has 0 saturated heterocycles. The fourth-order valence-electron chi connectivity index (χ4n) is 2.80. The van der Waals surface area contributed by atoms with Crippen LogP contribution in [0.4, 0.5) is 0 Å². The van der Waals surface area contributed by atoms with Crippen molar-refractivity contribution in [3.63, 3.8) is 0 Å². The molecule has 22 heavy (non-hydrogen) atoms. The number of hydrogen-bond donors (Lipinski definition) is 0. The van der Waals surface area contributed by atoms with Crippen LogP contribution in [-0.4, -0.2) is 42.8 Å². The lowest BCUT2D eigenvalue weighted by atomic mass is 9.82. The van der Waals surface area contributed by atoms with Gasteiger partial charge in [-0.3, -0.25) is 4.79 Å². The Bertz CT molecular complexity index is 523. The molecule has 1 atom stereocenters. The highest BCUT2D eigenvalue weighted by Gasteiger charge is 2.38. The van der Waals surface area contributed by atoms with Crippen LogP contribution in [-0.2, 0) is 4.79 Å². The van der Waals surface area contributed by atoms with Gasteiger partial charge >= 0.3 is 0 Å². The number of carbonyl (C=O) groups is 1. The monoisotopic (exact) mass is 317 g/mol. The summed E-state index contributed by atoms with van der Waals surface area (Å²) in [5.41, 5.74) is 1.79. The Morgan fingerprint density at radius 2 is 1.91 bits per heavy atom. The van der Waals surface area contributed by atoms with Crippen LogP contribution in [0.1, 0.15) is 31.7 Å². The number of allylic oxidation sites excluding steroid dienone is 2. The number of carbonyl (C=O) groups excluding carboxylic acids is 1. The van der Waals surface area contributed by atoms with E-state index in [-0.39, 0.29) is 5.41 Å². The van der Waals surface area contributed by atoms with Crippen molar-refractivity contribution in [2.24, 2.45) is 5.41 Å². The number of thioether (sulfide) groups is 1. The van der Waals surface area contributed by atoms with Crippen LogP contribution >= 0.6 is 11.8 Å². The fraction of sp³-hybridized carbons (Fsp3) is 0.526. The van der Waals surface area contributed by atoms with Crippen molar-refractivity contribution in [2.75, 3.05) is 32.1 Å². The average Bonchev–Trinajstić information content (AvgIpc) is 2.80. The minimum absolute atomic E-state index is 0.195. The van der Waals surface area contributed by atoms with E-state index in [1.807, 2.05) is 42.1 Å². The molecule has 1 aromatic carbocycles. The Morgan fingerprint density at radius 3 is 2.59 bits per heavy atom. The number of Topliss-reactive ketones (excluding diaryl/α,β-unsaturated/α-hetero) is 1. The quantitative estimate of drug-likeness (QED) is 0.673. The van der Waals surface area contributed by atoms with Crippen LogP contribution in [0.2, 0.25) is 0 Å². The van der Waals surface area contributed by atoms with Crippen molar-refractivity contribution in [2.45, 2.75) is 26.2 Å². The highest BCUT2D eigenvalue weighted by molar-refractivity contribution is 7.99. The molecule has 2 nitrogen and oxygen atoms in total. The van der Waals surface area contributed by atoms with Gasteiger partial charge < -0.3 is 4.90 Å². The summed E-state index contributed by atoms with van der Waals surface area (Å²) in [5, 5.41) is 0. The zero-order valence-electron chi connectivity index (χ0n) is 14.0. The second-order valence-corrected chi connectivity index (χ2v) is 7.82. The third-order valence-corrected chi connectivity index (χ3v) is 5.40. The van der Waals surface area contributed by atoms with Gasteiger partial charge in [-0.15, -0.1) is 0 Å². The van der Waals surface area contributed by atoms with Crippen molar-refractivity contribution < 1.29 is 4.79 Å². The molecule has 1 aliphatic rings. The molecule has 0 saturated carbocycles. The summed E-state index contributed by atoms with van der Waals surface area (Å²) in [4.78, 5) is 15.0. The van der Waals surface area contributed by atoms with Gasteiger partial charge in [0.2, 0.25) is 0 Å². The zero-order chi connectivity index (χ0) is 16.0. The van der Waals surface area contributed by atoms with Gasteiger partial charge in [0, 0.05) is 11.0 Å². The Balaban J connectivity index is 1.80. The molecule has 1 unspecified atom stereocenters. The van der Waals surface area contributed by atoms with E-state index in [2.05, 4.69) is 32.0 Å². The smallest absolute Gasteiger partial charge is 0.169 e. The summed E-state index contributed by atoms with van der Waals surface area (Å²) in [6.45, 7) is 3.27. The standard InChI is InChI=1S/C19H27NOS/c1-19(12-15-22-14-7-13-20(2)3)11-10-17(18(19)21)16-8-5-4-6-9-16/h4-6,8-10H,7,11-15H2,1-3H3. The third-order valence-electron chi connectivity index (χ3n) is 4.33. The fourth-order valence-corrected chi connectivity index (χ4v) is 3.93. The molecule has 0 aliphatic heterocycles. The molecular formula is C19H27NOS. The summed E-state index contributed by atoms with van der Waals surface area (Å²) < 4.78 is 0. The Kier molecular flexibility index (Phi) is 6.27. The van der Waals surface area contributed by atoms with Gasteiger partial charge in [-0.1, -0.05) is 43.3 Å². The molecule has 120 valence electrons. The summed E-state index contributed by atoms with van der Waals surface area (Å²) in [7, 11) is 4.22. The van der Waals surface area contributed by atoms with Gasteiger partial charge in [0.15, 0.2) is 5.78 Å². The molecule has 1 aliphatic carbocycles. The molecule has 0 N–H and O–H groups in total. The molecule has 0 bridgehead atoms.